The van der Waals surface area contributed by atoms with E-state index in [2.05, 4.69) is 30.7 Å². The molecule has 0 aliphatic heterocycles. The summed E-state index contributed by atoms with van der Waals surface area (Å²) in [6.45, 7) is 0. The average Bonchev–Trinajstić information content (AvgIpc) is 3.11. The Morgan fingerprint density at radius 2 is 1.02 bits per heavy atom. The van der Waals surface area contributed by atoms with Gasteiger partial charge in [-0.2, -0.15) is 15.3 Å². The number of hydrogen-bond donors (Lipinski definition) is 3. The van der Waals surface area contributed by atoms with Gasteiger partial charge in [0.15, 0.2) is 5.75 Å². The van der Waals surface area contributed by atoms with E-state index >= 15 is 0 Å². The van der Waals surface area contributed by atoms with Crippen LogP contribution in [0.25, 0.3) is 21.9 Å². The van der Waals surface area contributed by atoms with Crippen LogP contribution in [0.1, 0.15) is 0 Å². The largest absolute Gasteiger partial charge is 1.00 e. The van der Waals surface area contributed by atoms with Crippen LogP contribution in [0, 0.1) is 0 Å². The SMILES string of the molecule is Nc1cc(S(=O)(=O)[O-])c(N=Nc2cc(Cl)ccc2Cl)c2cc(S(=O)(=O)[O-])c(N=Nc3ccc(-c4ccc(N=Nc5ccc(O)cc5)cc4)cc3)c(O)c12.[Na+].[Na+]. The van der Waals surface area contributed by atoms with Crippen molar-refractivity contribution >= 4 is 94.0 Å². The van der Waals surface area contributed by atoms with Crippen molar-refractivity contribution in [1.82, 2.24) is 0 Å². The van der Waals surface area contributed by atoms with Crippen LogP contribution in [0.4, 0.5) is 39.8 Å². The molecule has 4 N–H and O–H groups in total. The van der Waals surface area contributed by atoms with Gasteiger partial charge in [-0.3, -0.25) is 0 Å². The molecule has 0 aliphatic carbocycles. The average molecular weight is 837 g/mol. The molecule has 0 radical (unpaired) electrons. The predicted octanol–water partition coefficient (Wildman–Crippen LogP) is 3.87. The van der Waals surface area contributed by atoms with Gasteiger partial charge in [0.2, 0.25) is 0 Å². The minimum atomic E-state index is -5.44. The van der Waals surface area contributed by atoms with Gasteiger partial charge in [-0.05, 0) is 90.0 Å². The molecule has 0 spiro atoms. The van der Waals surface area contributed by atoms with Crippen LogP contribution in [-0.2, 0) is 20.2 Å². The van der Waals surface area contributed by atoms with Gasteiger partial charge in [-0.25, -0.2) is 16.8 Å². The molecule has 0 aromatic heterocycles. The van der Waals surface area contributed by atoms with Crippen LogP contribution in [0.3, 0.4) is 0 Å². The van der Waals surface area contributed by atoms with Crippen molar-refractivity contribution in [2.75, 3.05) is 5.73 Å². The normalized spacial score (nSPS) is 12.0. The molecule has 55 heavy (non-hydrogen) atoms. The van der Waals surface area contributed by atoms with Crippen molar-refractivity contribution in [1.29, 1.82) is 0 Å². The molecule has 0 atom stereocenters. The van der Waals surface area contributed by atoms with E-state index in [4.69, 9.17) is 28.9 Å². The summed E-state index contributed by atoms with van der Waals surface area (Å²) in [6.07, 6.45) is 0. The molecule has 0 unspecified atom stereocenters. The molecule has 6 rings (SSSR count). The number of azo groups is 3. The predicted molar refractivity (Wildman–Crippen MR) is 195 cm³/mol. The van der Waals surface area contributed by atoms with Gasteiger partial charge in [-0.15, -0.1) is 15.3 Å². The minimum Gasteiger partial charge on any atom is -0.744 e. The first-order valence-corrected chi connectivity index (χ1v) is 18.4. The van der Waals surface area contributed by atoms with E-state index in [9.17, 15) is 36.2 Å². The Balaban J connectivity index is 0.00000336. The van der Waals surface area contributed by atoms with Crippen molar-refractivity contribution in [3.63, 3.8) is 0 Å². The summed E-state index contributed by atoms with van der Waals surface area (Å²) in [5, 5.41) is 43.8. The van der Waals surface area contributed by atoms with Crippen molar-refractivity contribution in [2.24, 2.45) is 30.7 Å². The first kappa shape index (κ1) is 43.9. The maximum atomic E-state index is 12.5. The zero-order chi connectivity index (χ0) is 38.1. The zero-order valence-electron chi connectivity index (χ0n) is 28.5. The van der Waals surface area contributed by atoms with Gasteiger partial charge in [0.25, 0.3) is 0 Å². The van der Waals surface area contributed by atoms with E-state index in [0.717, 1.165) is 11.1 Å². The van der Waals surface area contributed by atoms with Crippen molar-refractivity contribution in [3.05, 3.63) is 113 Å². The van der Waals surface area contributed by atoms with Crippen molar-refractivity contribution in [3.8, 4) is 22.6 Å². The van der Waals surface area contributed by atoms with Crippen LogP contribution >= 0.6 is 23.2 Å². The Labute approximate surface area is 367 Å². The molecule has 0 amide bonds. The van der Waals surface area contributed by atoms with E-state index in [0.29, 0.717) is 23.5 Å². The van der Waals surface area contributed by atoms with Gasteiger partial charge in [0, 0.05) is 16.1 Å². The standard InChI is InChI=1S/C34H23Cl2N7O8S2.2Na/c35-20-5-14-26(36)28(15-20)41-42-32-25-16-29(52(46,47)48)33(34(45)31(25)27(37)17-30(32)53(49,50)51)43-40-22-8-3-19(4-9-22)18-1-6-21(7-2-18)38-39-23-10-12-24(44)13-11-23;;/h1-17,44-45H,37H2,(H,46,47,48)(H,49,50,51);;/q;2*+1/p-2. The number of nitrogens with two attached hydrogens (primary N) is 1. The van der Waals surface area contributed by atoms with Crippen molar-refractivity contribution < 1.29 is 95.3 Å². The number of halogens is 2. The summed E-state index contributed by atoms with van der Waals surface area (Å²) in [5.74, 6) is -0.851. The number of benzene rings is 6. The number of nitrogens with zero attached hydrogens (tertiary/aromatic N) is 6. The number of phenols is 2. The molecule has 0 saturated heterocycles. The second-order valence-electron chi connectivity index (χ2n) is 11.0. The van der Waals surface area contributed by atoms with E-state index in [1.54, 1.807) is 48.5 Å². The maximum Gasteiger partial charge on any atom is 1.00 e. The number of phenolic OH excluding ortho intramolecular Hbond substituents is 2. The van der Waals surface area contributed by atoms with Gasteiger partial charge >= 0.3 is 59.1 Å². The number of aromatic hydroxyl groups is 2. The molecule has 6 aromatic rings. The third-order valence-corrected chi connectivity index (χ3v) is 9.73. The number of anilines is 1. The first-order valence-electron chi connectivity index (χ1n) is 14.8. The van der Waals surface area contributed by atoms with Crippen molar-refractivity contribution in [2.45, 2.75) is 9.79 Å². The van der Waals surface area contributed by atoms with Crippen LogP contribution in [0.2, 0.25) is 10.0 Å². The van der Waals surface area contributed by atoms with Crippen LogP contribution in [0.5, 0.6) is 11.5 Å². The molecule has 0 fully saturated rings. The topological polar surface area (TPSA) is 255 Å². The molecule has 6 aromatic carbocycles. The maximum absolute atomic E-state index is 12.5. The van der Waals surface area contributed by atoms with E-state index in [-0.39, 0.29) is 86.3 Å². The molecule has 15 nitrogen and oxygen atoms in total. The van der Waals surface area contributed by atoms with E-state index < -0.39 is 63.6 Å². The molecular weight excluding hydrogens is 815 g/mol. The molecule has 21 heteroatoms. The Kier molecular flexibility index (Phi) is 14.3. The Morgan fingerprint density at radius 3 is 1.53 bits per heavy atom. The summed E-state index contributed by atoms with van der Waals surface area (Å²) in [6, 6.07) is 25.3. The monoisotopic (exact) mass is 835 g/mol. The van der Waals surface area contributed by atoms with E-state index in [1.165, 1.54) is 30.3 Å². The number of rotatable bonds is 9. The van der Waals surface area contributed by atoms with E-state index in [1.807, 2.05) is 12.1 Å². The summed E-state index contributed by atoms with van der Waals surface area (Å²) in [7, 11) is -10.8. The number of nitrogen functional groups attached to an aromatic ring is 1. The summed E-state index contributed by atoms with van der Waals surface area (Å²) < 4.78 is 74.1. The van der Waals surface area contributed by atoms with Gasteiger partial charge in [-0.1, -0.05) is 47.5 Å². The summed E-state index contributed by atoms with van der Waals surface area (Å²) in [5.41, 5.74) is 6.86. The quantitative estimate of drug-likeness (QED) is 0.0826. The molecule has 0 saturated carbocycles. The summed E-state index contributed by atoms with van der Waals surface area (Å²) in [4.78, 5) is -2.15. The minimum absolute atomic E-state index is 0. The van der Waals surface area contributed by atoms with Gasteiger partial charge in [0.1, 0.15) is 43.0 Å². The first-order chi connectivity index (χ1) is 25.1. The smallest absolute Gasteiger partial charge is 0.744 e. The Morgan fingerprint density at radius 1 is 0.564 bits per heavy atom. The third kappa shape index (κ3) is 10.3. The molecule has 0 heterocycles. The third-order valence-electron chi connectivity index (χ3n) is 7.47. The fourth-order valence-electron chi connectivity index (χ4n) is 4.96. The molecule has 0 aliphatic rings. The fraction of sp³-hybridized carbons (Fsp3) is 0. The fourth-order valence-corrected chi connectivity index (χ4v) is 6.58. The molecule has 268 valence electrons. The second kappa shape index (κ2) is 18.0. The Hall–Kier alpha value is -3.82. The second-order valence-corrected chi connectivity index (χ2v) is 14.6. The van der Waals surface area contributed by atoms with Crippen LogP contribution in [-0.4, -0.2) is 36.2 Å². The zero-order valence-corrected chi connectivity index (χ0v) is 35.6. The summed E-state index contributed by atoms with van der Waals surface area (Å²) >= 11 is 12.1. The van der Waals surface area contributed by atoms with Gasteiger partial charge < -0.3 is 25.1 Å². The Bertz CT molecular complexity index is 2720. The number of fused-ring (bicyclic) bond motifs is 1. The van der Waals surface area contributed by atoms with Gasteiger partial charge in [0.05, 0.1) is 37.3 Å². The molecule has 0 bridgehead atoms. The number of hydrogen-bond acceptors (Lipinski definition) is 15. The van der Waals surface area contributed by atoms with Crippen LogP contribution < -0.4 is 64.8 Å². The molecular formula is C34H21Cl2N7Na2O8S2. The van der Waals surface area contributed by atoms with Crippen LogP contribution in [0.15, 0.2) is 144 Å².